The van der Waals surface area contributed by atoms with Gasteiger partial charge in [-0.3, -0.25) is 4.79 Å². The maximum Gasteiger partial charge on any atom is 0.326 e. The molecule has 0 radical (unpaired) electrons. The maximum atomic E-state index is 12.2. The van der Waals surface area contributed by atoms with Crippen molar-refractivity contribution in [2.75, 3.05) is 0 Å². The molecule has 0 aromatic carbocycles. The molecule has 1 rings (SSSR count). The minimum atomic E-state index is -1.02. The highest BCUT2D eigenvalue weighted by molar-refractivity contribution is 5.95. The van der Waals surface area contributed by atoms with Gasteiger partial charge in [-0.2, -0.15) is 0 Å². The van der Waals surface area contributed by atoms with Crippen molar-refractivity contribution in [1.82, 2.24) is 9.88 Å². The molecule has 1 aromatic rings. The molecule has 0 saturated carbocycles. The minimum Gasteiger partial charge on any atom is -0.480 e. The van der Waals surface area contributed by atoms with Crippen LogP contribution in [-0.4, -0.2) is 27.6 Å². The number of rotatable bonds is 4. The van der Waals surface area contributed by atoms with E-state index in [1.165, 1.54) is 0 Å². The van der Waals surface area contributed by atoms with Crippen molar-refractivity contribution in [1.29, 1.82) is 0 Å². The van der Waals surface area contributed by atoms with Crippen molar-refractivity contribution in [2.24, 2.45) is 5.41 Å². The van der Waals surface area contributed by atoms with Crippen LogP contribution in [0.2, 0.25) is 0 Å². The highest BCUT2D eigenvalue weighted by Crippen LogP contribution is 2.20. The Morgan fingerprint density at radius 3 is 2.32 bits per heavy atom. The molecule has 5 nitrogen and oxygen atoms in total. The van der Waals surface area contributed by atoms with E-state index in [1.807, 2.05) is 24.6 Å². The molecule has 2 N–H and O–H groups in total. The number of amides is 1. The number of hydrogen-bond donors (Lipinski definition) is 2. The summed E-state index contributed by atoms with van der Waals surface area (Å²) < 4.78 is 1.82. The number of carbonyl (C=O) groups excluding carboxylic acids is 1. The lowest BCUT2D eigenvalue weighted by molar-refractivity contribution is -0.142. The monoisotopic (exact) mass is 266 g/mol. The summed E-state index contributed by atoms with van der Waals surface area (Å²) >= 11 is 0. The van der Waals surface area contributed by atoms with Gasteiger partial charge in [0.1, 0.15) is 11.7 Å². The smallest absolute Gasteiger partial charge is 0.326 e. The molecule has 106 valence electrons. The first-order chi connectivity index (χ1) is 8.64. The second-order valence-electron chi connectivity index (χ2n) is 6.01. The Hall–Kier alpha value is -1.78. The average Bonchev–Trinajstić information content (AvgIpc) is 2.72. The van der Waals surface area contributed by atoms with Crippen molar-refractivity contribution < 1.29 is 14.7 Å². The zero-order chi connectivity index (χ0) is 14.8. The molecule has 0 aliphatic heterocycles. The first-order valence-corrected chi connectivity index (χ1v) is 6.35. The van der Waals surface area contributed by atoms with Crippen LogP contribution in [0.5, 0.6) is 0 Å². The van der Waals surface area contributed by atoms with Crippen LogP contribution in [0.25, 0.3) is 0 Å². The number of carbonyl (C=O) groups is 2. The summed E-state index contributed by atoms with van der Waals surface area (Å²) in [5.41, 5.74) is -0.0676. The van der Waals surface area contributed by atoms with Gasteiger partial charge in [-0.05, 0) is 31.4 Å². The van der Waals surface area contributed by atoms with Crippen LogP contribution >= 0.6 is 0 Å². The zero-order valence-electron chi connectivity index (χ0n) is 12.1. The van der Waals surface area contributed by atoms with E-state index in [9.17, 15) is 14.7 Å². The van der Waals surface area contributed by atoms with Gasteiger partial charge in [0.05, 0.1) is 0 Å². The van der Waals surface area contributed by atoms with E-state index in [0.717, 1.165) is 0 Å². The quantitative estimate of drug-likeness (QED) is 0.878. The summed E-state index contributed by atoms with van der Waals surface area (Å²) in [4.78, 5) is 23.4. The summed E-state index contributed by atoms with van der Waals surface area (Å²) in [6.45, 7) is 9.29. The normalized spacial score (nSPS) is 13.4. The van der Waals surface area contributed by atoms with Crippen LogP contribution < -0.4 is 5.32 Å². The second-order valence-corrected chi connectivity index (χ2v) is 6.01. The minimum absolute atomic E-state index is 0.147. The molecule has 0 aliphatic rings. The molecule has 1 heterocycles. The predicted molar refractivity (Wildman–Crippen MR) is 73.2 cm³/mol. The number of aromatic nitrogens is 1. The van der Waals surface area contributed by atoms with Crippen LogP contribution in [0.4, 0.5) is 0 Å². The van der Waals surface area contributed by atoms with E-state index in [4.69, 9.17) is 0 Å². The lowest BCUT2D eigenvalue weighted by atomic mass is 9.86. The van der Waals surface area contributed by atoms with Gasteiger partial charge in [-0.15, -0.1) is 0 Å². The van der Waals surface area contributed by atoms with E-state index in [2.05, 4.69) is 5.32 Å². The van der Waals surface area contributed by atoms with E-state index in [-0.39, 0.29) is 11.9 Å². The SMILES string of the molecule is CC(C)n1cccc1C(=O)NC(C(=O)O)C(C)(C)C. The van der Waals surface area contributed by atoms with Crippen LogP contribution in [0.1, 0.15) is 51.1 Å². The summed E-state index contributed by atoms with van der Waals surface area (Å²) in [7, 11) is 0. The number of nitrogens with one attached hydrogen (secondary N) is 1. The second kappa shape index (κ2) is 5.47. The Labute approximate surface area is 113 Å². The highest BCUT2D eigenvalue weighted by atomic mass is 16.4. The fourth-order valence-corrected chi connectivity index (χ4v) is 1.89. The highest BCUT2D eigenvalue weighted by Gasteiger charge is 2.33. The van der Waals surface area contributed by atoms with Crippen molar-refractivity contribution in [2.45, 2.75) is 46.7 Å². The van der Waals surface area contributed by atoms with Crippen molar-refractivity contribution >= 4 is 11.9 Å². The molecule has 0 aliphatic carbocycles. The topological polar surface area (TPSA) is 71.3 Å². The van der Waals surface area contributed by atoms with Crippen LogP contribution in [0, 0.1) is 5.41 Å². The number of nitrogens with zero attached hydrogens (tertiary/aromatic N) is 1. The Morgan fingerprint density at radius 2 is 1.89 bits per heavy atom. The summed E-state index contributed by atoms with van der Waals surface area (Å²) in [6, 6.07) is 2.70. The van der Waals surface area contributed by atoms with Gasteiger partial charge in [-0.1, -0.05) is 20.8 Å². The van der Waals surface area contributed by atoms with Crippen LogP contribution in [0.3, 0.4) is 0 Å². The Kier molecular flexibility index (Phi) is 4.39. The van der Waals surface area contributed by atoms with Gasteiger partial charge >= 0.3 is 5.97 Å². The molecular weight excluding hydrogens is 244 g/mol. The molecule has 0 bridgehead atoms. The van der Waals surface area contributed by atoms with E-state index in [0.29, 0.717) is 5.69 Å². The van der Waals surface area contributed by atoms with Gasteiger partial charge < -0.3 is 15.0 Å². The summed E-state index contributed by atoms with van der Waals surface area (Å²) in [5, 5.41) is 11.8. The summed E-state index contributed by atoms with van der Waals surface area (Å²) in [5.74, 6) is -1.38. The predicted octanol–water partition coefficient (Wildman–Crippen LogP) is 2.30. The standard InChI is InChI=1S/C14H22N2O3/c1-9(2)16-8-6-7-10(16)12(17)15-11(13(18)19)14(3,4)5/h6-9,11H,1-5H3,(H,15,17)(H,18,19). The van der Waals surface area contributed by atoms with Crippen molar-refractivity contribution in [3.8, 4) is 0 Å². The molecule has 0 spiro atoms. The molecule has 1 atom stereocenters. The number of hydrogen-bond acceptors (Lipinski definition) is 2. The maximum absolute atomic E-state index is 12.2. The van der Waals surface area contributed by atoms with Crippen molar-refractivity contribution in [3.63, 3.8) is 0 Å². The molecule has 5 heteroatoms. The molecule has 0 fully saturated rings. The Bertz CT molecular complexity index is 469. The third-order valence-corrected chi connectivity index (χ3v) is 2.96. The van der Waals surface area contributed by atoms with Gasteiger partial charge in [0.15, 0.2) is 0 Å². The third kappa shape index (κ3) is 3.59. The molecule has 1 aromatic heterocycles. The fourth-order valence-electron chi connectivity index (χ4n) is 1.89. The molecule has 0 saturated heterocycles. The number of aliphatic carboxylic acids is 1. The van der Waals surface area contributed by atoms with Crippen molar-refractivity contribution in [3.05, 3.63) is 24.0 Å². The molecule has 1 amide bonds. The van der Waals surface area contributed by atoms with E-state index >= 15 is 0 Å². The van der Waals surface area contributed by atoms with Gasteiger partial charge in [0, 0.05) is 12.2 Å². The van der Waals surface area contributed by atoms with Gasteiger partial charge in [0.2, 0.25) is 0 Å². The van der Waals surface area contributed by atoms with E-state index < -0.39 is 17.4 Å². The fraction of sp³-hybridized carbons (Fsp3) is 0.571. The Morgan fingerprint density at radius 1 is 1.32 bits per heavy atom. The lowest BCUT2D eigenvalue weighted by Crippen LogP contribution is -2.49. The number of carboxylic acid groups (broad SMARTS) is 1. The Balaban J connectivity index is 2.95. The van der Waals surface area contributed by atoms with Crippen LogP contribution in [-0.2, 0) is 4.79 Å². The molecular formula is C14H22N2O3. The van der Waals surface area contributed by atoms with Gasteiger partial charge in [0.25, 0.3) is 5.91 Å². The first kappa shape index (κ1) is 15.3. The largest absolute Gasteiger partial charge is 0.480 e. The summed E-state index contributed by atoms with van der Waals surface area (Å²) in [6.07, 6.45) is 1.81. The zero-order valence-corrected chi connectivity index (χ0v) is 12.1. The average molecular weight is 266 g/mol. The number of carboxylic acids is 1. The third-order valence-electron chi connectivity index (χ3n) is 2.96. The first-order valence-electron chi connectivity index (χ1n) is 6.35. The molecule has 19 heavy (non-hydrogen) atoms. The lowest BCUT2D eigenvalue weighted by Gasteiger charge is -2.28. The molecule has 1 unspecified atom stereocenters. The van der Waals surface area contributed by atoms with E-state index in [1.54, 1.807) is 32.9 Å². The van der Waals surface area contributed by atoms with Crippen LogP contribution in [0.15, 0.2) is 18.3 Å². The van der Waals surface area contributed by atoms with Gasteiger partial charge in [-0.25, -0.2) is 4.79 Å².